The summed E-state index contributed by atoms with van der Waals surface area (Å²) in [6.45, 7) is 0. The average Bonchev–Trinajstić information content (AvgIpc) is 2.52. The fourth-order valence-corrected chi connectivity index (χ4v) is 2.41. The molecule has 2 heterocycles. The van der Waals surface area contributed by atoms with E-state index in [2.05, 4.69) is 4.74 Å². The molecule has 0 radical (unpaired) electrons. The van der Waals surface area contributed by atoms with Crippen molar-refractivity contribution in [1.29, 1.82) is 0 Å². The van der Waals surface area contributed by atoms with E-state index >= 15 is 0 Å². The minimum absolute atomic E-state index is 0.0237. The van der Waals surface area contributed by atoms with Crippen molar-refractivity contribution in [2.45, 2.75) is 12.3 Å². The molecular formula is C14H7F6N3O4. The molecule has 0 atom stereocenters. The van der Waals surface area contributed by atoms with Gasteiger partial charge in [0, 0.05) is 19.2 Å². The van der Waals surface area contributed by atoms with Gasteiger partial charge in [-0.1, -0.05) is 0 Å². The summed E-state index contributed by atoms with van der Waals surface area (Å²) in [4.78, 5) is 37.1. The first-order valence-electron chi connectivity index (χ1n) is 6.95. The van der Waals surface area contributed by atoms with Crippen molar-refractivity contribution < 1.29 is 35.9 Å². The van der Waals surface area contributed by atoms with Crippen molar-refractivity contribution >= 4 is 11.6 Å². The number of H-pyrrole nitrogens is 1. The number of likely N-dealkylation sites (N-methyl/N-ethyl adjacent to an activating group) is 1. The first kappa shape index (κ1) is 18.5. The molecule has 0 saturated heterocycles. The lowest BCUT2D eigenvalue weighted by Gasteiger charge is -2.31. The number of halogens is 6. The fraction of sp³-hybridized carbons (Fsp3) is 0.214. The Morgan fingerprint density at radius 2 is 1.70 bits per heavy atom. The number of anilines is 1. The van der Waals surface area contributed by atoms with E-state index in [-0.39, 0.29) is 10.6 Å². The standard InChI is InChI=1S/C14H7F6N3O4/c1-22-7-3-6(5(15)2-8(7)27-14(19,20)11(22)25)23-10(24)4-9(13(16,17)18)21-12(23)26/h2-4H,1H3,(H,21,26). The number of nitrogens with one attached hydrogen (secondary N) is 1. The molecule has 2 aromatic rings. The van der Waals surface area contributed by atoms with Gasteiger partial charge in [-0.25, -0.2) is 13.8 Å². The molecule has 1 aromatic carbocycles. The number of hydrogen-bond acceptors (Lipinski definition) is 4. The van der Waals surface area contributed by atoms with Gasteiger partial charge in [0.2, 0.25) is 0 Å². The summed E-state index contributed by atoms with van der Waals surface area (Å²) in [5.74, 6) is -3.99. The van der Waals surface area contributed by atoms with Crippen LogP contribution in [0.2, 0.25) is 0 Å². The van der Waals surface area contributed by atoms with Gasteiger partial charge in [-0.2, -0.15) is 22.0 Å². The third kappa shape index (κ3) is 2.94. The van der Waals surface area contributed by atoms with Crippen LogP contribution in [0.15, 0.2) is 27.8 Å². The second-order valence-electron chi connectivity index (χ2n) is 5.41. The van der Waals surface area contributed by atoms with Gasteiger partial charge in [0.15, 0.2) is 11.6 Å². The number of aromatic amines is 1. The largest absolute Gasteiger partial charge is 0.482 e. The van der Waals surface area contributed by atoms with Crippen molar-refractivity contribution in [3.05, 3.63) is 50.5 Å². The maximum atomic E-state index is 14.3. The number of rotatable bonds is 1. The van der Waals surface area contributed by atoms with Crippen molar-refractivity contribution in [2.75, 3.05) is 11.9 Å². The van der Waals surface area contributed by atoms with E-state index in [9.17, 15) is 40.7 Å². The highest BCUT2D eigenvalue weighted by atomic mass is 19.4. The predicted molar refractivity (Wildman–Crippen MR) is 76.6 cm³/mol. The van der Waals surface area contributed by atoms with Crippen molar-refractivity contribution in [1.82, 2.24) is 9.55 Å². The Morgan fingerprint density at radius 1 is 1.07 bits per heavy atom. The summed E-state index contributed by atoms with van der Waals surface area (Å²) in [5.41, 5.74) is -6.08. The highest BCUT2D eigenvalue weighted by molar-refractivity contribution is 6.00. The molecule has 1 amide bonds. The smallest absolute Gasteiger partial charge is 0.423 e. The first-order chi connectivity index (χ1) is 12.3. The second kappa shape index (κ2) is 5.62. The number of alkyl halides is 5. The SMILES string of the molecule is CN1C(=O)C(F)(F)Oc2cc(F)c(-n3c(=O)cc(C(F)(F)F)[nH]c3=O)cc21. The molecule has 1 aliphatic heterocycles. The summed E-state index contributed by atoms with van der Waals surface area (Å²) in [7, 11) is 0.902. The summed E-state index contributed by atoms with van der Waals surface area (Å²) in [6, 6.07) is 1.06. The summed E-state index contributed by atoms with van der Waals surface area (Å²) < 4.78 is 83.1. The van der Waals surface area contributed by atoms with Gasteiger partial charge in [0.25, 0.3) is 5.56 Å². The zero-order valence-electron chi connectivity index (χ0n) is 13.0. The zero-order valence-corrected chi connectivity index (χ0v) is 13.0. The Labute approximate surface area is 144 Å². The normalized spacial score (nSPS) is 16.1. The lowest BCUT2D eigenvalue weighted by Crippen LogP contribution is -2.49. The van der Waals surface area contributed by atoms with Crippen molar-refractivity contribution in [3.63, 3.8) is 0 Å². The minimum Gasteiger partial charge on any atom is -0.423 e. The van der Waals surface area contributed by atoms with E-state index in [4.69, 9.17) is 0 Å². The van der Waals surface area contributed by atoms with E-state index in [0.717, 1.165) is 7.05 Å². The number of ether oxygens (including phenoxy) is 1. The molecule has 144 valence electrons. The molecule has 0 unspecified atom stereocenters. The van der Waals surface area contributed by atoms with Crippen LogP contribution in [-0.2, 0) is 11.0 Å². The van der Waals surface area contributed by atoms with E-state index < -0.39 is 58.1 Å². The number of aromatic nitrogens is 2. The van der Waals surface area contributed by atoms with Crippen LogP contribution < -0.4 is 20.9 Å². The van der Waals surface area contributed by atoms with Crippen LogP contribution in [0, 0.1) is 5.82 Å². The Kier molecular flexibility index (Phi) is 3.86. The number of benzene rings is 1. The van der Waals surface area contributed by atoms with Crippen LogP contribution in [0.5, 0.6) is 5.75 Å². The molecule has 1 N–H and O–H groups in total. The molecule has 0 fully saturated rings. The number of nitrogens with zero attached hydrogens (tertiary/aromatic N) is 2. The number of hydrogen-bond donors (Lipinski definition) is 1. The summed E-state index contributed by atoms with van der Waals surface area (Å²) in [5, 5.41) is 0. The van der Waals surface area contributed by atoms with Crippen LogP contribution in [-0.4, -0.2) is 28.6 Å². The van der Waals surface area contributed by atoms with Gasteiger partial charge in [-0.15, -0.1) is 0 Å². The van der Waals surface area contributed by atoms with E-state index in [1.54, 1.807) is 0 Å². The molecule has 27 heavy (non-hydrogen) atoms. The number of carbonyl (C=O) groups excluding carboxylic acids is 1. The molecular weight excluding hydrogens is 388 g/mol. The van der Waals surface area contributed by atoms with E-state index in [1.165, 1.54) is 4.98 Å². The third-order valence-electron chi connectivity index (χ3n) is 3.66. The van der Waals surface area contributed by atoms with Crippen LogP contribution in [0.1, 0.15) is 5.69 Å². The zero-order chi connectivity index (χ0) is 20.3. The van der Waals surface area contributed by atoms with Gasteiger partial charge in [-0.3, -0.25) is 9.59 Å². The summed E-state index contributed by atoms with van der Waals surface area (Å²) >= 11 is 0. The van der Waals surface area contributed by atoms with Crippen LogP contribution >= 0.6 is 0 Å². The molecule has 3 rings (SSSR count). The van der Waals surface area contributed by atoms with Gasteiger partial charge in [-0.05, 0) is 6.07 Å². The van der Waals surface area contributed by atoms with E-state index in [1.807, 2.05) is 0 Å². The topological polar surface area (TPSA) is 84.4 Å². The minimum atomic E-state index is -5.03. The van der Waals surface area contributed by atoms with Crippen molar-refractivity contribution in [2.24, 2.45) is 0 Å². The molecule has 1 aliphatic rings. The number of fused-ring (bicyclic) bond motifs is 1. The molecule has 0 bridgehead atoms. The Morgan fingerprint density at radius 3 is 2.26 bits per heavy atom. The summed E-state index contributed by atoms with van der Waals surface area (Å²) in [6.07, 6.45) is -9.30. The average molecular weight is 395 g/mol. The van der Waals surface area contributed by atoms with Crippen LogP contribution in [0.3, 0.4) is 0 Å². The highest BCUT2D eigenvalue weighted by Crippen LogP contribution is 2.40. The quantitative estimate of drug-likeness (QED) is 0.744. The predicted octanol–water partition coefficient (Wildman–Crippen LogP) is 1.63. The highest BCUT2D eigenvalue weighted by Gasteiger charge is 2.49. The number of amides is 1. The Bertz CT molecular complexity index is 1040. The molecule has 0 aliphatic carbocycles. The maximum absolute atomic E-state index is 14.3. The van der Waals surface area contributed by atoms with Crippen LogP contribution in [0.4, 0.5) is 32.0 Å². The van der Waals surface area contributed by atoms with Crippen molar-refractivity contribution in [3.8, 4) is 11.4 Å². The lowest BCUT2D eigenvalue weighted by atomic mass is 10.2. The molecule has 0 spiro atoms. The number of carbonyl (C=O) groups is 1. The molecule has 1 aromatic heterocycles. The third-order valence-corrected chi connectivity index (χ3v) is 3.66. The van der Waals surface area contributed by atoms with E-state index in [0.29, 0.717) is 17.0 Å². The van der Waals surface area contributed by atoms with Gasteiger partial charge in [0.05, 0.1) is 11.4 Å². The lowest BCUT2D eigenvalue weighted by molar-refractivity contribution is -0.192. The fourth-order valence-electron chi connectivity index (χ4n) is 2.41. The maximum Gasteiger partial charge on any atom is 0.482 e. The Balaban J connectivity index is 2.23. The molecule has 13 heteroatoms. The van der Waals surface area contributed by atoms with Gasteiger partial charge in [0.1, 0.15) is 5.69 Å². The molecule has 0 saturated carbocycles. The van der Waals surface area contributed by atoms with Crippen LogP contribution in [0.25, 0.3) is 5.69 Å². The Hall–Kier alpha value is -3.25. The second-order valence-corrected chi connectivity index (χ2v) is 5.41. The van der Waals surface area contributed by atoms with Gasteiger partial charge < -0.3 is 14.6 Å². The monoisotopic (exact) mass is 395 g/mol. The first-order valence-corrected chi connectivity index (χ1v) is 6.95. The molecule has 7 nitrogen and oxygen atoms in total. The van der Waals surface area contributed by atoms with Gasteiger partial charge >= 0.3 is 23.9 Å².